The van der Waals surface area contributed by atoms with E-state index in [-0.39, 0.29) is 6.61 Å². The van der Waals surface area contributed by atoms with Crippen molar-refractivity contribution in [2.45, 2.75) is 96.8 Å². The van der Waals surface area contributed by atoms with Crippen LogP contribution < -0.4 is 10.2 Å². The zero-order valence-corrected chi connectivity index (χ0v) is 18.4. The van der Waals surface area contributed by atoms with Crippen LogP contribution in [-0.2, 0) is 13.8 Å². The van der Waals surface area contributed by atoms with Gasteiger partial charge in [-0.2, -0.15) is 0 Å². The van der Waals surface area contributed by atoms with Gasteiger partial charge in [0.1, 0.15) is 0 Å². The molecule has 6 nitrogen and oxygen atoms in total. The van der Waals surface area contributed by atoms with Crippen LogP contribution in [0.15, 0.2) is 0 Å². The van der Waals surface area contributed by atoms with Crippen molar-refractivity contribution < 1.29 is 28.9 Å². The number of quaternary nitrogens is 1. The topological polar surface area (TPSA) is 95.4 Å². The lowest BCUT2D eigenvalue weighted by atomic mass is 10.0. The third kappa shape index (κ3) is 26.0. The summed E-state index contributed by atoms with van der Waals surface area (Å²) >= 11 is 0. The second-order valence-electron chi connectivity index (χ2n) is 7.38. The number of nitrogens with two attached hydrogens (primary N) is 1. The molecule has 1 fully saturated rings. The van der Waals surface area contributed by atoms with Gasteiger partial charge in [0.05, 0.1) is 32.9 Å². The Balaban J connectivity index is 0.000000941. The predicted octanol–water partition coefficient (Wildman–Crippen LogP) is 3.53. The molecular formula is C20H44NO5P. The minimum atomic E-state index is -4.50. The van der Waals surface area contributed by atoms with Gasteiger partial charge in [-0.15, -0.1) is 0 Å². The summed E-state index contributed by atoms with van der Waals surface area (Å²) in [4.78, 5) is 18.7. The van der Waals surface area contributed by atoms with Crippen LogP contribution >= 0.6 is 7.82 Å². The fraction of sp³-hybridized carbons (Fsp3) is 1.00. The van der Waals surface area contributed by atoms with Crippen molar-refractivity contribution in [2.24, 2.45) is 0 Å². The van der Waals surface area contributed by atoms with Crippen LogP contribution in [-0.4, -0.2) is 37.8 Å². The van der Waals surface area contributed by atoms with E-state index in [1.165, 1.54) is 70.6 Å². The summed E-state index contributed by atoms with van der Waals surface area (Å²) in [7, 11) is -4.50. The van der Waals surface area contributed by atoms with Crippen LogP contribution in [0.25, 0.3) is 0 Å². The Kier molecular flexibility index (Phi) is 20.8. The lowest BCUT2D eigenvalue weighted by Gasteiger charge is -2.14. The van der Waals surface area contributed by atoms with E-state index in [4.69, 9.17) is 9.63 Å². The second kappa shape index (κ2) is 20.8. The van der Waals surface area contributed by atoms with Gasteiger partial charge in [0.25, 0.3) is 7.82 Å². The van der Waals surface area contributed by atoms with Crippen LogP contribution in [0.4, 0.5) is 0 Å². The van der Waals surface area contributed by atoms with E-state index in [2.05, 4.69) is 16.8 Å². The van der Waals surface area contributed by atoms with Crippen molar-refractivity contribution in [3.8, 4) is 0 Å². The number of hydrogen-bond acceptors (Lipinski definition) is 4. The largest absolute Gasteiger partial charge is 0.756 e. The number of phosphoric acid groups is 1. The van der Waals surface area contributed by atoms with E-state index in [1.54, 1.807) is 0 Å². The van der Waals surface area contributed by atoms with Gasteiger partial charge in [-0.25, -0.2) is 0 Å². The van der Waals surface area contributed by atoms with Gasteiger partial charge >= 0.3 is 0 Å². The second-order valence-corrected chi connectivity index (χ2v) is 8.57. The number of rotatable bonds is 16. The van der Waals surface area contributed by atoms with Crippen molar-refractivity contribution in [1.82, 2.24) is 0 Å². The zero-order chi connectivity index (χ0) is 20.1. The van der Waals surface area contributed by atoms with Gasteiger partial charge in [-0.3, -0.25) is 4.57 Å². The highest BCUT2D eigenvalue weighted by Crippen LogP contribution is 2.30. The first kappa shape index (κ1) is 27.0. The number of unbranched alkanes of at least 4 members (excludes halogenated alkanes) is 13. The highest BCUT2D eigenvalue weighted by molar-refractivity contribution is 7.44. The molecule has 164 valence electrons. The summed E-state index contributed by atoms with van der Waals surface area (Å²) in [6.45, 7) is 6.55. The van der Waals surface area contributed by atoms with Gasteiger partial charge in [0.15, 0.2) is 0 Å². The molecule has 0 aromatic heterocycles. The Morgan fingerprint density at radius 1 is 0.852 bits per heavy atom. The first-order valence-electron chi connectivity index (χ1n) is 11.1. The SMILES string of the molecule is C1COCC[NH2+]1.CCCCCCCCCCCCCCCCOP(=O)([O-])O. The summed E-state index contributed by atoms with van der Waals surface area (Å²) in [5, 5.41) is 2.27. The Labute approximate surface area is 167 Å². The molecule has 3 N–H and O–H groups in total. The number of ether oxygens (including phenoxy) is 1. The molecule has 0 radical (unpaired) electrons. The molecule has 1 atom stereocenters. The van der Waals surface area contributed by atoms with Crippen LogP contribution in [0.3, 0.4) is 0 Å². The van der Waals surface area contributed by atoms with E-state index >= 15 is 0 Å². The van der Waals surface area contributed by atoms with Crippen LogP contribution in [0.5, 0.6) is 0 Å². The lowest BCUT2D eigenvalue weighted by Crippen LogP contribution is -2.87. The fourth-order valence-electron chi connectivity index (χ4n) is 3.06. The highest BCUT2D eigenvalue weighted by atomic mass is 31.2. The van der Waals surface area contributed by atoms with Crippen LogP contribution in [0.2, 0.25) is 0 Å². The highest BCUT2D eigenvalue weighted by Gasteiger charge is 2.00. The van der Waals surface area contributed by atoms with Crippen molar-refractivity contribution in [2.75, 3.05) is 32.9 Å². The quantitative estimate of drug-likeness (QED) is 0.300. The van der Waals surface area contributed by atoms with Crippen molar-refractivity contribution in [3.05, 3.63) is 0 Å². The molecule has 1 unspecified atom stereocenters. The van der Waals surface area contributed by atoms with Crippen molar-refractivity contribution in [3.63, 3.8) is 0 Å². The maximum atomic E-state index is 10.3. The predicted molar refractivity (Wildman–Crippen MR) is 109 cm³/mol. The Morgan fingerprint density at radius 3 is 1.56 bits per heavy atom. The van der Waals surface area contributed by atoms with Gasteiger partial charge in [-0.05, 0) is 6.42 Å². The third-order valence-electron chi connectivity index (χ3n) is 4.68. The summed E-state index contributed by atoms with van der Waals surface area (Å²) in [5.41, 5.74) is 0. The first-order valence-corrected chi connectivity index (χ1v) is 12.6. The maximum Gasteiger partial charge on any atom is 0.265 e. The number of hydrogen-bond donors (Lipinski definition) is 2. The van der Waals surface area contributed by atoms with Crippen molar-refractivity contribution >= 4 is 7.82 Å². The maximum absolute atomic E-state index is 10.3. The first-order chi connectivity index (χ1) is 13.1. The van der Waals surface area contributed by atoms with Gasteiger partial charge < -0.3 is 24.4 Å². The monoisotopic (exact) mass is 409 g/mol. The minimum Gasteiger partial charge on any atom is -0.756 e. The summed E-state index contributed by atoms with van der Waals surface area (Å²) in [5.74, 6) is 0. The van der Waals surface area contributed by atoms with E-state index < -0.39 is 7.82 Å². The molecule has 0 bridgehead atoms. The standard InChI is InChI=1S/C16H35O4P.C4H9NO/c1-2-3-4-5-6-7-8-9-10-11-12-13-14-15-16-20-21(17,18)19;1-3-6-4-2-5-1/h2-16H2,1H3,(H2,17,18,19);5H,1-4H2. The number of morpholine rings is 1. The normalized spacial score (nSPS) is 16.4. The molecule has 1 rings (SSSR count). The van der Waals surface area contributed by atoms with E-state index in [0.29, 0.717) is 6.42 Å². The van der Waals surface area contributed by atoms with Crippen LogP contribution in [0, 0.1) is 0 Å². The van der Waals surface area contributed by atoms with Gasteiger partial charge in [-0.1, -0.05) is 90.4 Å². The average Bonchev–Trinajstić information content (AvgIpc) is 2.66. The lowest BCUT2D eigenvalue weighted by molar-refractivity contribution is -0.670. The molecule has 1 aliphatic rings. The van der Waals surface area contributed by atoms with Crippen LogP contribution in [0.1, 0.15) is 96.8 Å². The number of phosphoric ester groups is 1. The average molecular weight is 410 g/mol. The smallest absolute Gasteiger partial charge is 0.265 e. The molecule has 0 aromatic rings. The summed E-state index contributed by atoms with van der Waals surface area (Å²) in [6, 6.07) is 0. The molecule has 7 heteroatoms. The molecule has 0 saturated carbocycles. The van der Waals surface area contributed by atoms with Gasteiger partial charge in [0.2, 0.25) is 0 Å². The molecule has 27 heavy (non-hydrogen) atoms. The molecule has 0 amide bonds. The molecule has 1 heterocycles. The third-order valence-corrected chi connectivity index (χ3v) is 5.19. The molecule has 1 saturated heterocycles. The molecular weight excluding hydrogens is 365 g/mol. The molecule has 0 aliphatic carbocycles. The Bertz CT molecular complexity index is 323. The molecule has 0 aromatic carbocycles. The zero-order valence-electron chi connectivity index (χ0n) is 17.5. The molecule has 1 aliphatic heterocycles. The fourth-order valence-corrected chi connectivity index (χ4v) is 3.42. The molecule has 0 spiro atoms. The summed E-state index contributed by atoms with van der Waals surface area (Å²) < 4.78 is 19.7. The minimum absolute atomic E-state index is 0.106. The summed E-state index contributed by atoms with van der Waals surface area (Å²) in [6.07, 6.45) is 17.6. The van der Waals surface area contributed by atoms with E-state index in [1.807, 2.05) is 0 Å². The van der Waals surface area contributed by atoms with Gasteiger partial charge in [0, 0.05) is 0 Å². The van der Waals surface area contributed by atoms with Crippen molar-refractivity contribution in [1.29, 1.82) is 0 Å². The van der Waals surface area contributed by atoms with E-state index in [0.717, 1.165) is 39.1 Å². The van der Waals surface area contributed by atoms with E-state index in [9.17, 15) is 9.46 Å². The Morgan fingerprint density at radius 2 is 1.26 bits per heavy atom. The Hall–Kier alpha value is 0.0300.